The summed E-state index contributed by atoms with van der Waals surface area (Å²) in [5, 5.41) is 10.3. The standard InChI is InChI=1S/C20H17N5O/c1-25-11-13(9-22-25)19-16-6-7-21-10-17(16)15-5-2-12(8-18(15)24-19)20(26)23-14-3-4-14/h2,5-11,14H,3-4H2,1H3,(H,23,26). The van der Waals surface area contributed by atoms with Gasteiger partial charge in [0, 0.05) is 59.0 Å². The number of rotatable bonds is 3. The summed E-state index contributed by atoms with van der Waals surface area (Å²) in [6.07, 6.45) is 9.50. The molecule has 3 heterocycles. The van der Waals surface area contributed by atoms with Crippen molar-refractivity contribution < 1.29 is 4.79 Å². The maximum Gasteiger partial charge on any atom is 0.251 e. The van der Waals surface area contributed by atoms with Gasteiger partial charge in [-0.2, -0.15) is 5.10 Å². The van der Waals surface area contributed by atoms with Crippen LogP contribution < -0.4 is 5.32 Å². The molecule has 1 aromatic carbocycles. The number of carbonyl (C=O) groups is 1. The van der Waals surface area contributed by atoms with Gasteiger partial charge in [0.25, 0.3) is 5.91 Å². The van der Waals surface area contributed by atoms with Crippen molar-refractivity contribution in [2.75, 3.05) is 0 Å². The Morgan fingerprint density at radius 1 is 1.15 bits per heavy atom. The molecule has 6 nitrogen and oxygen atoms in total. The van der Waals surface area contributed by atoms with Gasteiger partial charge in [0.15, 0.2) is 0 Å². The van der Waals surface area contributed by atoms with Crippen LogP contribution in [0.3, 0.4) is 0 Å². The van der Waals surface area contributed by atoms with E-state index < -0.39 is 0 Å². The van der Waals surface area contributed by atoms with Gasteiger partial charge in [0.05, 0.1) is 17.4 Å². The Morgan fingerprint density at radius 3 is 2.81 bits per heavy atom. The molecule has 1 saturated carbocycles. The van der Waals surface area contributed by atoms with E-state index in [0.717, 1.165) is 45.8 Å². The van der Waals surface area contributed by atoms with E-state index in [2.05, 4.69) is 15.4 Å². The second-order valence-electron chi connectivity index (χ2n) is 6.76. The number of aromatic nitrogens is 4. The molecule has 0 unspecified atom stereocenters. The molecule has 5 rings (SSSR count). The normalized spacial score (nSPS) is 14.0. The van der Waals surface area contributed by atoms with Crippen molar-refractivity contribution in [1.82, 2.24) is 25.1 Å². The number of hydrogen-bond acceptors (Lipinski definition) is 4. The summed E-state index contributed by atoms with van der Waals surface area (Å²) in [7, 11) is 1.88. The van der Waals surface area contributed by atoms with E-state index in [9.17, 15) is 4.79 Å². The first-order chi connectivity index (χ1) is 12.7. The molecule has 128 valence electrons. The van der Waals surface area contributed by atoms with E-state index in [0.29, 0.717) is 11.6 Å². The van der Waals surface area contributed by atoms with Gasteiger partial charge in [0.2, 0.25) is 0 Å². The Balaban J connectivity index is 1.73. The fourth-order valence-electron chi connectivity index (χ4n) is 3.25. The third-order valence-electron chi connectivity index (χ3n) is 4.75. The Hall–Kier alpha value is -3.28. The maximum absolute atomic E-state index is 12.4. The Labute approximate surface area is 149 Å². The van der Waals surface area contributed by atoms with Crippen molar-refractivity contribution in [3.8, 4) is 11.3 Å². The minimum absolute atomic E-state index is 0.0367. The lowest BCUT2D eigenvalue weighted by molar-refractivity contribution is 0.0951. The average Bonchev–Trinajstić information content (AvgIpc) is 3.38. The van der Waals surface area contributed by atoms with Gasteiger partial charge in [-0.15, -0.1) is 0 Å². The molecule has 6 heteroatoms. The highest BCUT2D eigenvalue weighted by Crippen LogP contribution is 2.32. The molecule has 4 aromatic rings. The summed E-state index contributed by atoms with van der Waals surface area (Å²) in [5.41, 5.74) is 3.21. The summed E-state index contributed by atoms with van der Waals surface area (Å²) >= 11 is 0. The van der Waals surface area contributed by atoms with E-state index in [-0.39, 0.29) is 5.91 Å². The van der Waals surface area contributed by atoms with Crippen LogP contribution >= 0.6 is 0 Å². The number of nitrogens with zero attached hydrogens (tertiary/aromatic N) is 4. The molecule has 1 N–H and O–H groups in total. The third kappa shape index (κ3) is 2.50. The zero-order chi connectivity index (χ0) is 17.7. The maximum atomic E-state index is 12.4. The number of aryl methyl sites for hydroxylation is 1. The zero-order valence-electron chi connectivity index (χ0n) is 14.3. The first-order valence-electron chi connectivity index (χ1n) is 8.66. The van der Waals surface area contributed by atoms with Crippen molar-refractivity contribution in [2.24, 2.45) is 7.05 Å². The fourth-order valence-corrected chi connectivity index (χ4v) is 3.25. The van der Waals surface area contributed by atoms with Crippen LogP contribution in [0.5, 0.6) is 0 Å². The molecule has 26 heavy (non-hydrogen) atoms. The zero-order valence-corrected chi connectivity index (χ0v) is 14.3. The lowest BCUT2D eigenvalue weighted by atomic mass is 10.0. The largest absolute Gasteiger partial charge is 0.349 e. The van der Waals surface area contributed by atoms with Gasteiger partial charge < -0.3 is 5.32 Å². The highest BCUT2D eigenvalue weighted by atomic mass is 16.1. The molecule has 3 aromatic heterocycles. The van der Waals surface area contributed by atoms with E-state index >= 15 is 0 Å². The van der Waals surface area contributed by atoms with Gasteiger partial charge in [0.1, 0.15) is 0 Å². The molecule has 0 saturated heterocycles. The molecule has 1 aliphatic rings. The average molecular weight is 343 g/mol. The van der Waals surface area contributed by atoms with Crippen molar-refractivity contribution in [1.29, 1.82) is 0 Å². The molecule has 1 fully saturated rings. The number of amides is 1. The van der Waals surface area contributed by atoms with E-state index in [1.165, 1.54) is 0 Å². The first-order valence-corrected chi connectivity index (χ1v) is 8.66. The number of hydrogen-bond donors (Lipinski definition) is 1. The number of nitrogens with one attached hydrogen (secondary N) is 1. The Kier molecular flexibility index (Phi) is 3.25. The van der Waals surface area contributed by atoms with E-state index in [4.69, 9.17) is 4.98 Å². The molecule has 0 bridgehead atoms. The molecule has 0 aliphatic heterocycles. The van der Waals surface area contributed by atoms with Gasteiger partial charge in [-0.05, 0) is 31.0 Å². The minimum atomic E-state index is -0.0367. The monoisotopic (exact) mass is 343 g/mol. The molecular formula is C20H17N5O. The molecule has 0 spiro atoms. The molecular weight excluding hydrogens is 326 g/mol. The van der Waals surface area contributed by atoms with E-state index in [1.54, 1.807) is 17.1 Å². The number of fused-ring (bicyclic) bond motifs is 3. The summed E-state index contributed by atoms with van der Waals surface area (Å²) in [5.74, 6) is -0.0367. The second-order valence-corrected chi connectivity index (χ2v) is 6.76. The van der Waals surface area contributed by atoms with Crippen LogP contribution in [0, 0.1) is 0 Å². The molecule has 1 aliphatic carbocycles. The van der Waals surface area contributed by atoms with Crippen molar-refractivity contribution >= 4 is 27.6 Å². The van der Waals surface area contributed by atoms with Crippen molar-refractivity contribution in [3.63, 3.8) is 0 Å². The SMILES string of the molecule is Cn1cc(-c2nc3cc(C(=O)NC4CC4)ccc3c3cnccc23)cn1. The second kappa shape index (κ2) is 5.62. The highest BCUT2D eigenvalue weighted by molar-refractivity contribution is 6.11. The third-order valence-corrected chi connectivity index (χ3v) is 4.75. The van der Waals surface area contributed by atoms with Gasteiger partial charge >= 0.3 is 0 Å². The number of pyridine rings is 2. The fraction of sp³-hybridized carbons (Fsp3) is 0.200. The van der Waals surface area contributed by atoms with Gasteiger partial charge in [-0.25, -0.2) is 4.98 Å². The van der Waals surface area contributed by atoms with Crippen molar-refractivity contribution in [2.45, 2.75) is 18.9 Å². The van der Waals surface area contributed by atoms with Crippen LogP contribution in [0.25, 0.3) is 32.9 Å². The predicted octanol–water partition coefficient (Wildman–Crippen LogP) is 3.08. The van der Waals surface area contributed by atoms with Crippen LogP contribution in [0.4, 0.5) is 0 Å². The number of carbonyl (C=O) groups excluding carboxylic acids is 1. The molecule has 0 radical (unpaired) electrons. The van der Waals surface area contributed by atoms with Crippen LogP contribution in [0.2, 0.25) is 0 Å². The quantitative estimate of drug-likeness (QED) is 0.580. The van der Waals surface area contributed by atoms with Gasteiger partial charge in [-0.3, -0.25) is 14.5 Å². The van der Waals surface area contributed by atoms with Crippen molar-refractivity contribution in [3.05, 3.63) is 54.6 Å². The topological polar surface area (TPSA) is 72.7 Å². The number of benzene rings is 1. The summed E-state index contributed by atoms with van der Waals surface area (Å²) < 4.78 is 1.76. The van der Waals surface area contributed by atoms with Crippen LogP contribution in [-0.2, 0) is 7.05 Å². The summed E-state index contributed by atoms with van der Waals surface area (Å²) in [6, 6.07) is 7.98. The minimum Gasteiger partial charge on any atom is -0.349 e. The highest BCUT2D eigenvalue weighted by Gasteiger charge is 2.24. The van der Waals surface area contributed by atoms with E-state index in [1.807, 2.05) is 43.7 Å². The van der Waals surface area contributed by atoms with Gasteiger partial charge in [-0.1, -0.05) is 6.07 Å². The van der Waals surface area contributed by atoms with Crippen LogP contribution in [0.15, 0.2) is 49.1 Å². The lowest BCUT2D eigenvalue weighted by Crippen LogP contribution is -2.25. The predicted molar refractivity (Wildman–Crippen MR) is 99.7 cm³/mol. The Morgan fingerprint density at radius 2 is 2.04 bits per heavy atom. The first kappa shape index (κ1) is 15.0. The molecule has 1 amide bonds. The van der Waals surface area contributed by atoms with Crippen LogP contribution in [-0.4, -0.2) is 31.7 Å². The Bertz CT molecular complexity index is 1160. The van der Waals surface area contributed by atoms with Crippen LogP contribution in [0.1, 0.15) is 23.2 Å². The lowest BCUT2D eigenvalue weighted by Gasteiger charge is -2.10. The molecule has 0 atom stereocenters. The smallest absolute Gasteiger partial charge is 0.251 e. The summed E-state index contributed by atoms with van der Waals surface area (Å²) in [4.78, 5) is 21.5. The summed E-state index contributed by atoms with van der Waals surface area (Å²) in [6.45, 7) is 0.